The molecule has 0 radical (unpaired) electrons. The first kappa shape index (κ1) is 13.5. The highest BCUT2D eigenvalue weighted by atomic mass is 32.2. The number of aromatic nitrogens is 2. The number of piperazine rings is 1. The van der Waals surface area contributed by atoms with Crippen molar-refractivity contribution < 1.29 is 8.42 Å². The minimum absolute atomic E-state index is 0.0531. The topological polar surface area (TPSA) is 95.3 Å². The Kier molecular flexibility index (Phi) is 3.71. The third kappa shape index (κ3) is 2.28. The van der Waals surface area contributed by atoms with E-state index in [1.165, 1.54) is 10.5 Å². The predicted molar refractivity (Wildman–Crippen MR) is 67.3 cm³/mol. The van der Waals surface area contributed by atoms with Crippen molar-refractivity contribution in [3.8, 4) is 0 Å². The summed E-state index contributed by atoms with van der Waals surface area (Å²) in [7, 11) is -1.54. The number of nitrogens with two attached hydrogens (primary N) is 1. The number of hydrogen-bond donors (Lipinski definition) is 2. The molecule has 1 aliphatic heterocycles. The number of likely N-dealkylation sites (N-methyl/N-ethyl adjacent to an activating group) is 1. The van der Waals surface area contributed by atoms with Crippen molar-refractivity contribution in [3.63, 3.8) is 0 Å². The second-order valence-electron chi connectivity index (χ2n) is 4.66. The van der Waals surface area contributed by atoms with Crippen LogP contribution in [0.2, 0.25) is 0 Å². The molecule has 0 saturated carbocycles. The van der Waals surface area contributed by atoms with Crippen molar-refractivity contribution in [2.75, 3.05) is 26.7 Å². The largest absolute Gasteiger partial charge is 0.326 e. The highest BCUT2D eigenvalue weighted by Crippen LogP contribution is 2.21. The van der Waals surface area contributed by atoms with Crippen molar-refractivity contribution in [2.24, 2.45) is 5.73 Å². The lowest BCUT2D eigenvalue weighted by Gasteiger charge is -2.36. The highest BCUT2D eigenvalue weighted by molar-refractivity contribution is 7.89. The second kappa shape index (κ2) is 4.96. The minimum Gasteiger partial charge on any atom is -0.326 e. The maximum absolute atomic E-state index is 12.5. The lowest BCUT2D eigenvalue weighted by molar-refractivity contribution is 0.170. The summed E-state index contributed by atoms with van der Waals surface area (Å²) in [4.78, 5) is 2.12. The summed E-state index contributed by atoms with van der Waals surface area (Å²) in [6.45, 7) is 4.02. The van der Waals surface area contributed by atoms with Crippen LogP contribution < -0.4 is 5.73 Å². The van der Waals surface area contributed by atoms with Crippen LogP contribution in [-0.2, 0) is 16.6 Å². The van der Waals surface area contributed by atoms with Crippen LogP contribution >= 0.6 is 0 Å². The standard InChI is InChI=1S/C10H19N5O2S/c1-8-7-14(2)3-4-15(8)18(16,17)10-9(5-11)6-12-13-10/h6,8H,3-5,7,11H2,1-2H3,(H,12,13). The van der Waals surface area contributed by atoms with Crippen LogP contribution in [-0.4, -0.2) is 60.5 Å². The van der Waals surface area contributed by atoms with Gasteiger partial charge < -0.3 is 10.6 Å². The molecule has 3 N–H and O–H groups in total. The molecule has 1 atom stereocenters. The van der Waals surface area contributed by atoms with E-state index in [0.29, 0.717) is 12.1 Å². The first-order valence-corrected chi connectivity index (χ1v) is 7.33. The average molecular weight is 273 g/mol. The van der Waals surface area contributed by atoms with Gasteiger partial charge in [0.15, 0.2) is 5.03 Å². The van der Waals surface area contributed by atoms with Gasteiger partial charge in [-0.2, -0.15) is 9.40 Å². The zero-order valence-corrected chi connectivity index (χ0v) is 11.4. The van der Waals surface area contributed by atoms with E-state index in [4.69, 9.17) is 5.73 Å². The molecule has 1 saturated heterocycles. The molecule has 1 aliphatic rings. The number of H-pyrrole nitrogens is 1. The Morgan fingerprint density at radius 1 is 1.56 bits per heavy atom. The first-order chi connectivity index (χ1) is 8.46. The van der Waals surface area contributed by atoms with Crippen LogP contribution in [0.15, 0.2) is 11.2 Å². The third-order valence-corrected chi connectivity index (χ3v) is 5.26. The average Bonchev–Trinajstić information content (AvgIpc) is 2.76. The van der Waals surface area contributed by atoms with Gasteiger partial charge in [0.25, 0.3) is 10.0 Å². The van der Waals surface area contributed by atoms with Crippen molar-refractivity contribution in [1.29, 1.82) is 0 Å². The molecule has 1 fully saturated rings. The Morgan fingerprint density at radius 2 is 2.28 bits per heavy atom. The SMILES string of the molecule is CC1CN(C)CCN1S(=O)(=O)c1[nH]ncc1CN. The van der Waals surface area contributed by atoms with Gasteiger partial charge in [-0.15, -0.1) is 0 Å². The van der Waals surface area contributed by atoms with Crippen LogP contribution in [0.25, 0.3) is 0 Å². The maximum Gasteiger partial charge on any atom is 0.260 e. The summed E-state index contributed by atoms with van der Waals surface area (Å²) in [5.74, 6) is 0. The minimum atomic E-state index is -3.53. The van der Waals surface area contributed by atoms with E-state index in [1.807, 2.05) is 14.0 Å². The van der Waals surface area contributed by atoms with Gasteiger partial charge in [0.05, 0.1) is 6.20 Å². The maximum atomic E-state index is 12.5. The van der Waals surface area contributed by atoms with Gasteiger partial charge in [-0.3, -0.25) is 5.10 Å². The van der Waals surface area contributed by atoms with Crippen molar-refractivity contribution in [1.82, 2.24) is 19.4 Å². The Balaban J connectivity index is 2.31. The summed E-state index contributed by atoms with van der Waals surface area (Å²) in [6.07, 6.45) is 1.47. The number of nitrogens with zero attached hydrogens (tertiary/aromatic N) is 3. The Hall–Kier alpha value is -0.960. The molecule has 0 spiro atoms. The van der Waals surface area contributed by atoms with Gasteiger partial charge in [-0.1, -0.05) is 0 Å². The van der Waals surface area contributed by atoms with Crippen molar-refractivity contribution in [2.45, 2.75) is 24.5 Å². The first-order valence-electron chi connectivity index (χ1n) is 5.89. The Labute approximate surface area is 107 Å². The van der Waals surface area contributed by atoms with Crippen LogP contribution in [0.1, 0.15) is 12.5 Å². The van der Waals surface area contributed by atoms with Gasteiger partial charge in [0.2, 0.25) is 0 Å². The van der Waals surface area contributed by atoms with Crippen LogP contribution in [0.4, 0.5) is 0 Å². The number of nitrogens with one attached hydrogen (secondary N) is 1. The van der Waals surface area contributed by atoms with Gasteiger partial charge in [0.1, 0.15) is 0 Å². The van der Waals surface area contributed by atoms with E-state index >= 15 is 0 Å². The molecular weight excluding hydrogens is 254 g/mol. The van der Waals surface area contributed by atoms with Crippen LogP contribution in [0.3, 0.4) is 0 Å². The quantitative estimate of drug-likeness (QED) is 0.751. The van der Waals surface area contributed by atoms with E-state index in [0.717, 1.165) is 13.1 Å². The van der Waals surface area contributed by atoms with Crippen molar-refractivity contribution >= 4 is 10.0 Å². The molecule has 0 amide bonds. The fourth-order valence-electron chi connectivity index (χ4n) is 2.27. The number of hydrogen-bond acceptors (Lipinski definition) is 5. The van der Waals surface area contributed by atoms with Crippen LogP contribution in [0.5, 0.6) is 0 Å². The van der Waals surface area contributed by atoms with Gasteiger partial charge in [-0.25, -0.2) is 8.42 Å². The zero-order chi connectivity index (χ0) is 13.3. The molecular formula is C10H19N5O2S. The smallest absolute Gasteiger partial charge is 0.260 e. The molecule has 2 rings (SSSR count). The molecule has 0 bridgehead atoms. The molecule has 7 nitrogen and oxygen atoms in total. The predicted octanol–water partition coefficient (Wildman–Crippen LogP) is -0.807. The summed E-state index contributed by atoms with van der Waals surface area (Å²) in [6, 6.07) is -0.0531. The summed E-state index contributed by atoms with van der Waals surface area (Å²) in [5, 5.41) is 6.45. The van der Waals surface area contributed by atoms with E-state index in [2.05, 4.69) is 15.1 Å². The second-order valence-corrected chi connectivity index (χ2v) is 6.48. The molecule has 2 heterocycles. The normalized spacial score (nSPS) is 23.4. The number of sulfonamides is 1. The highest BCUT2D eigenvalue weighted by Gasteiger charge is 2.34. The summed E-state index contributed by atoms with van der Waals surface area (Å²) >= 11 is 0. The molecule has 1 aromatic rings. The van der Waals surface area contributed by atoms with E-state index in [9.17, 15) is 8.42 Å². The lowest BCUT2D eigenvalue weighted by atomic mass is 10.2. The lowest BCUT2D eigenvalue weighted by Crippen LogP contribution is -2.52. The Bertz CT molecular complexity index is 512. The molecule has 102 valence electrons. The number of rotatable bonds is 3. The molecule has 0 aliphatic carbocycles. The van der Waals surface area contributed by atoms with E-state index in [-0.39, 0.29) is 17.6 Å². The van der Waals surface area contributed by atoms with Crippen LogP contribution in [0, 0.1) is 0 Å². The third-order valence-electron chi connectivity index (χ3n) is 3.23. The fraction of sp³-hybridized carbons (Fsp3) is 0.700. The monoisotopic (exact) mass is 273 g/mol. The fourth-order valence-corrected chi connectivity index (χ4v) is 4.00. The summed E-state index contributed by atoms with van der Waals surface area (Å²) < 4.78 is 26.6. The van der Waals surface area contributed by atoms with Crippen molar-refractivity contribution in [3.05, 3.63) is 11.8 Å². The van der Waals surface area contributed by atoms with Gasteiger partial charge in [0, 0.05) is 37.8 Å². The molecule has 8 heteroatoms. The van der Waals surface area contributed by atoms with E-state index < -0.39 is 10.0 Å². The number of aromatic amines is 1. The summed E-state index contributed by atoms with van der Waals surface area (Å²) in [5.41, 5.74) is 6.06. The Morgan fingerprint density at radius 3 is 2.89 bits per heavy atom. The zero-order valence-electron chi connectivity index (χ0n) is 10.6. The molecule has 0 aromatic carbocycles. The van der Waals surface area contributed by atoms with E-state index in [1.54, 1.807) is 0 Å². The van der Waals surface area contributed by atoms with Gasteiger partial charge >= 0.3 is 0 Å². The molecule has 18 heavy (non-hydrogen) atoms. The molecule has 1 unspecified atom stereocenters. The molecule has 1 aromatic heterocycles. The van der Waals surface area contributed by atoms with Gasteiger partial charge in [-0.05, 0) is 14.0 Å².